The Bertz CT molecular complexity index is 745. The first-order valence-corrected chi connectivity index (χ1v) is 8.24. The van der Waals surface area contributed by atoms with E-state index in [9.17, 15) is 8.42 Å². The lowest BCUT2D eigenvalue weighted by Gasteiger charge is -2.05. The SMILES string of the molecule is Cc1cc(S(=O)(=O)Nc2[nH]ncc2/C(N)=N/O)sc1Br. The van der Waals surface area contributed by atoms with Crippen LogP contribution in [0.2, 0.25) is 0 Å². The van der Waals surface area contributed by atoms with Crippen LogP contribution in [0.5, 0.6) is 0 Å². The van der Waals surface area contributed by atoms with Gasteiger partial charge in [0.2, 0.25) is 0 Å². The highest BCUT2D eigenvalue weighted by molar-refractivity contribution is 9.11. The number of amidine groups is 1. The summed E-state index contributed by atoms with van der Waals surface area (Å²) in [6.07, 6.45) is 1.25. The van der Waals surface area contributed by atoms with Crippen molar-refractivity contribution in [3.8, 4) is 0 Å². The predicted octanol–water partition coefficient (Wildman–Crippen LogP) is 1.44. The van der Waals surface area contributed by atoms with E-state index in [4.69, 9.17) is 10.9 Å². The van der Waals surface area contributed by atoms with Gasteiger partial charge in [-0.15, -0.1) is 11.3 Å². The van der Waals surface area contributed by atoms with Crippen LogP contribution in [0.4, 0.5) is 5.82 Å². The number of oxime groups is 1. The normalized spacial score (nSPS) is 12.6. The number of nitrogens with one attached hydrogen (secondary N) is 2. The molecular weight excluding hydrogens is 370 g/mol. The van der Waals surface area contributed by atoms with Gasteiger partial charge in [-0.25, -0.2) is 8.42 Å². The highest BCUT2D eigenvalue weighted by Gasteiger charge is 2.21. The number of H-pyrrole nitrogens is 1. The van der Waals surface area contributed by atoms with Gasteiger partial charge in [0.1, 0.15) is 10.0 Å². The van der Waals surface area contributed by atoms with Crippen LogP contribution in [0.25, 0.3) is 0 Å². The molecule has 0 spiro atoms. The molecule has 0 saturated carbocycles. The zero-order valence-electron chi connectivity index (χ0n) is 10.1. The number of sulfonamides is 1. The van der Waals surface area contributed by atoms with Crippen molar-refractivity contribution in [2.24, 2.45) is 10.9 Å². The molecule has 108 valence electrons. The fraction of sp³-hybridized carbons (Fsp3) is 0.111. The molecule has 0 atom stereocenters. The molecule has 2 heterocycles. The molecule has 0 bridgehead atoms. The number of halogens is 1. The van der Waals surface area contributed by atoms with Gasteiger partial charge < -0.3 is 10.9 Å². The third kappa shape index (κ3) is 2.78. The van der Waals surface area contributed by atoms with Crippen molar-refractivity contribution < 1.29 is 13.6 Å². The van der Waals surface area contributed by atoms with Gasteiger partial charge in [0.25, 0.3) is 10.0 Å². The highest BCUT2D eigenvalue weighted by atomic mass is 79.9. The number of rotatable bonds is 4. The Morgan fingerprint density at radius 1 is 1.65 bits per heavy atom. The maximum atomic E-state index is 12.2. The van der Waals surface area contributed by atoms with E-state index in [1.807, 2.05) is 0 Å². The average Bonchev–Trinajstić information content (AvgIpc) is 2.96. The Morgan fingerprint density at radius 3 is 2.90 bits per heavy atom. The van der Waals surface area contributed by atoms with Crippen molar-refractivity contribution in [3.63, 3.8) is 0 Å². The van der Waals surface area contributed by atoms with Crippen molar-refractivity contribution in [1.29, 1.82) is 0 Å². The van der Waals surface area contributed by atoms with E-state index in [0.29, 0.717) is 0 Å². The smallest absolute Gasteiger partial charge is 0.272 e. The Kier molecular flexibility index (Phi) is 4.01. The monoisotopic (exact) mass is 379 g/mol. The van der Waals surface area contributed by atoms with Gasteiger partial charge in [0, 0.05) is 0 Å². The lowest BCUT2D eigenvalue weighted by Crippen LogP contribution is -2.18. The minimum Gasteiger partial charge on any atom is -0.409 e. The van der Waals surface area contributed by atoms with E-state index in [2.05, 4.69) is 36.0 Å². The summed E-state index contributed by atoms with van der Waals surface area (Å²) in [6.45, 7) is 1.79. The molecule has 0 amide bonds. The Labute approximate surface area is 126 Å². The lowest BCUT2D eigenvalue weighted by molar-refractivity contribution is 0.318. The lowest BCUT2D eigenvalue weighted by atomic mass is 10.3. The number of aromatic amines is 1. The first kappa shape index (κ1) is 14.8. The quantitative estimate of drug-likeness (QED) is 0.276. The predicted molar refractivity (Wildman–Crippen MR) is 78.7 cm³/mol. The van der Waals surface area contributed by atoms with Gasteiger partial charge in [-0.05, 0) is 34.5 Å². The summed E-state index contributed by atoms with van der Waals surface area (Å²) >= 11 is 4.35. The summed E-state index contributed by atoms with van der Waals surface area (Å²) in [5, 5.41) is 17.5. The van der Waals surface area contributed by atoms with Crippen molar-refractivity contribution >= 4 is 48.9 Å². The molecule has 0 aliphatic rings. The Morgan fingerprint density at radius 2 is 2.35 bits per heavy atom. The number of aryl methyl sites for hydroxylation is 1. The number of nitrogens with zero attached hydrogens (tertiary/aromatic N) is 2. The minimum absolute atomic E-state index is 0.0301. The average molecular weight is 380 g/mol. The molecule has 0 radical (unpaired) electrons. The fourth-order valence-corrected chi connectivity index (χ4v) is 4.62. The maximum absolute atomic E-state index is 12.2. The largest absolute Gasteiger partial charge is 0.409 e. The zero-order chi connectivity index (χ0) is 14.9. The van der Waals surface area contributed by atoms with E-state index < -0.39 is 10.0 Å². The summed E-state index contributed by atoms with van der Waals surface area (Å²) in [5.41, 5.74) is 6.40. The Balaban J connectivity index is 2.37. The van der Waals surface area contributed by atoms with Crippen molar-refractivity contribution in [3.05, 3.63) is 27.2 Å². The molecule has 0 aliphatic carbocycles. The molecule has 20 heavy (non-hydrogen) atoms. The molecule has 2 rings (SSSR count). The molecule has 5 N–H and O–H groups in total. The third-order valence-electron chi connectivity index (χ3n) is 2.36. The van der Waals surface area contributed by atoms with Crippen LogP contribution in [0.3, 0.4) is 0 Å². The van der Waals surface area contributed by atoms with Crippen LogP contribution in [0.15, 0.2) is 25.4 Å². The molecule has 0 aromatic carbocycles. The second-order valence-electron chi connectivity index (χ2n) is 3.77. The molecule has 0 fully saturated rings. The minimum atomic E-state index is -3.77. The van der Waals surface area contributed by atoms with E-state index in [0.717, 1.165) is 20.7 Å². The molecule has 0 saturated heterocycles. The van der Waals surface area contributed by atoms with Crippen molar-refractivity contribution in [2.75, 3.05) is 4.72 Å². The zero-order valence-corrected chi connectivity index (χ0v) is 13.3. The van der Waals surface area contributed by atoms with Crippen LogP contribution in [-0.4, -0.2) is 29.7 Å². The van der Waals surface area contributed by atoms with Crippen LogP contribution < -0.4 is 10.5 Å². The summed E-state index contributed by atoms with van der Waals surface area (Å²) < 4.78 is 27.6. The number of hydrogen-bond donors (Lipinski definition) is 4. The van der Waals surface area contributed by atoms with Crippen LogP contribution in [-0.2, 0) is 10.0 Å². The summed E-state index contributed by atoms with van der Waals surface area (Å²) in [4.78, 5) is 0. The summed E-state index contributed by atoms with van der Waals surface area (Å²) in [5.74, 6) is -0.220. The molecule has 8 nitrogen and oxygen atoms in total. The maximum Gasteiger partial charge on any atom is 0.272 e. The number of nitrogens with two attached hydrogens (primary N) is 1. The summed E-state index contributed by atoms with van der Waals surface area (Å²) in [7, 11) is -3.77. The van der Waals surface area contributed by atoms with Gasteiger partial charge in [-0.1, -0.05) is 5.16 Å². The molecule has 2 aromatic heterocycles. The summed E-state index contributed by atoms with van der Waals surface area (Å²) in [6, 6.07) is 1.54. The highest BCUT2D eigenvalue weighted by Crippen LogP contribution is 2.31. The first-order valence-electron chi connectivity index (χ1n) is 5.15. The standard InChI is InChI=1S/C9H10BrN5O3S2/c1-4-2-6(19-7(4)10)20(17,18)15-9-5(3-12-13-9)8(11)14-16/h2-3,16H,1H3,(H2,11,14)(H2,12,13,15). The number of thiophene rings is 1. The first-order chi connectivity index (χ1) is 9.35. The molecule has 0 aliphatic heterocycles. The van der Waals surface area contributed by atoms with Crippen molar-refractivity contribution in [1.82, 2.24) is 10.2 Å². The van der Waals surface area contributed by atoms with Gasteiger partial charge in [-0.3, -0.25) is 9.82 Å². The second kappa shape index (κ2) is 5.42. The van der Waals surface area contributed by atoms with Crippen LogP contribution in [0, 0.1) is 6.92 Å². The Hall–Kier alpha value is -1.59. The van der Waals surface area contributed by atoms with Gasteiger partial charge in [-0.2, -0.15) is 5.10 Å². The number of anilines is 1. The molecule has 11 heteroatoms. The van der Waals surface area contributed by atoms with Crippen LogP contribution >= 0.6 is 27.3 Å². The van der Waals surface area contributed by atoms with Gasteiger partial charge >= 0.3 is 0 Å². The van der Waals surface area contributed by atoms with E-state index in [1.165, 1.54) is 12.3 Å². The fourth-order valence-electron chi connectivity index (χ4n) is 1.36. The van der Waals surface area contributed by atoms with E-state index in [-0.39, 0.29) is 21.4 Å². The van der Waals surface area contributed by atoms with E-state index in [1.54, 1.807) is 6.92 Å². The number of hydrogen-bond acceptors (Lipinski definition) is 6. The molecule has 0 unspecified atom stereocenters. The van der Waals surface area contributed by atoms with E-state index >= 15 is 0 Å². The van der Waals surface area contributed by atoms with Crippen LogP contribution in [0.1, 0.15) is 11.1 Å². The molecular formula is C9H10BrN5O3S2. The third-order valence-corrected chi connectivity index (χ3v) is 6.32. The number of aromatic nitrogens is 2. The molecule has 2 aromatic rings. The topological polar surface area (TPSA) is 133 Å². The second-order valence-corrected chi connectivity index (χ2v) is 8.05. The van der Waals surface area contributed by atoms with Gasteiger partial charge in [0.05, 0.1) is 15.5 Å². The van der Waals surface area contributed by atoms with Gasteiger partial charge in [0.15, 0.2) is 5.84 Å². The van der Waals surface area contributed by atoms with Crippen molar-refractivity contribution in [2.45, 2.75) is 11.1 Å².